The lowest BCUT2D eigenvalue weighted by atomic mass is 10.1. The summed E-state index contributed by atoms with van der Waals surface area (Å²) in [6.45, 7) is 5.42. The lowest BCUT2D eigenvalue weighted by Gasteiger charge is -2.36. The third-order valence-electron chi connectivity index (χ3n) is 2.95. The molecule has 1 aliphatic rings. The van der Waals surface area contributed by atoms with Crippen LogP contribution in [-0.2, 0) is 4.74 Å². The topological polar surface area (TPSA) is 109 Å². The van der Waals surface area contributed by atoms with Gasteiger partial charge in [0.05, 0.1) is 17.6 Å². The zero-order valence-corrected chi connectivity index (χ0v) is 12.2. The van der Waals surface area contributed by atoms with E-state index in [0.717, 1.165) is 12.9 Å². The van der Waals surface area contributed by atoms with Crippen molar-refractivity contribution in [3.05, 3.63) is 16.4 Å². The van der Waals surface area contributed by atoms with Crippen LogP contribution in [0.25, 0.3) is 0 Å². The number of nitro groups is 1. The Kier molecular flexibility index (Phi) is 4.53. The Morgan fingerprint density at radius 1 is 1.52 bits per heavy atom. The van der Waals surface area contributed by atoms with Crippen molar-refractivity contribution < 1.29 is 19.1 Å². The van der Waals surface area contributed by atoms with Crippen LogP contribution in [0.3, 0.4) is 0 Å². The van der Waals surface area contributed by atoms with Gasteiger partial charge in [-0.05, 0) is 13.8 Å². The highest BCUT2D eigenvalue weighted by Crippen LogP contribution is 2.32. The highest BCUT2D eigenvalue weighted by atomic mass is 16.6. The van der Waals surface area contributed by atoms with Crippen LogP contribution in [0, 0.1) is 10.1 Å². The Bertz CT molecular complexity index is 522. The molecule has 2 heterocycles. The van der Waals surface area contributed by atoms with Crippen molar-refractivity contribution in [2.75, 3.05) is 26.8 Å². The van der Waals surface area contributed by atoms with Gasteiger partial charge in [0.2, 0.25) is 0 Å². The van der Waals surface area contributed by atoms with E-state index in [0.29, 0.717) is 6.54 Å². The highest BCUT2D eigenvalue weighted by Gasteiger charge is 2.30. The van der Waals surface area contributed by atoms with Gasteiger partial charge in [-0.2, -0.15) is 9.97 Å². The second-order valence-corrected chi connectivity index (χ2v) is 5.24. The van der Waals surface area contributed by atoms with E-state index in [4.69, 9.17) is 14.2 Å². The van der Waals surface area contributed by atoms with Crippen molar-refractivity contribution in [1.82, 2.24) is 15.3 Å². The second-order valence-electron chi connectivity index (χ2n) is 5.24. The molecule has 116 valence electrons. The van der Waals surface area contributed by atoms with Crippen molar-refractivity contribution in [2.24, 2.45) is 0 Å². The van der Waals surface area contributed by atoms with Crippen LogP contribution in [0.1, 0.15) is 13.8 Å². The number of hydrogen-bond acceptors (Lipinski definition) is 8. The predicted octanol–water partition coefficient (Wildman–Crippen LogP) is 0.539. The van der Waals surface area contributed by atoms with E-state index in [-0.39, 0.29) is 35.8 Å². The molecule has 21 heavy (non-hydrogen) atoms. The smallest absolute Gasteiger partial charge is 0.392 e. The highest BCUT2D eigenvalue weighted by molar-refractivity contribution is 5.48. The fourth-order valence-electron chi connectivity index (χ4n) is 2.09. The summed E-state index contributed by atoms with van der Waals surface area (Å²) in [5.41, 5.74) is -0.690. The molecule has 0 saturated carbocycles. The van der Waals surface area contributed by atoms with Crippen LogP contribution in [0.15, 0.2) is 6.33 Å². The van der Waals surface area contributed by atoms with Gasteiger partial charge in [-0.1, -0.05) is 0 Å². The van der Waals surface area contributed by atoms with E-state index in [9.17, 15) is 10.1 Å². The predicted molar refractivity (Wildman–Crippen MR) is 72.6 cm³/mol. The standard InChI is InChI=1S/C12H18N4O5/c1-12(2)6-13-4-8(21-12)5-20-11-9(16(17)18)10(19-3)14-7-15-11/h7-8,13H,4-6H2,1-3H3. The number of methoxy groups -OCH3 is 1. The summed E-state index contributed by atoms with van der Waals surface area (Å²) in [6, 6.07) is 0. The molecule has 9 heteroatoms. The SMILES string of the molecule is COc1ncnc(OCC2CNCC(C)(C)O2)c1[N+](=O)[O-]. The molecule has 1 fully saturated rings. The molecule has 0 aromatic carbocycles. The first-order valence-corrected chi connectivity index (χ1v) is 6.47. The molecule has 1 atom stereocenters. The maximum atomic E-state index is 11.1. The zero-order chi connectivity index (χ0) is 15.5. The van der Waals surface area contributed by atoms with E-state index >= 15 is 0 Å². The van der Waals surface area contributed by atoms with E-state index in [1.54, 1.807) is 0 Å². The van der Waals surface area contributed by atoms with E-state index in [2.05, 4.69) is 15.3 Å². The lowest BCUT2D eigenvalue weighted by Crippen LogP contribution is -2.52. The van der Waals surface area contributed by atoms with Crippen LogP contribution in [0.4, 0.5) is 5.69 Å². The molecule has 9 nitrogen and oxygen atoms in total. The van der Waals surface area contributed by atoms with Gasteiger partial charge in [0.25, 0.3) is 0 Å². The number of nitrogens with one attached hydrogen (secondary N) is 1. The van der Waals surface area contributed by atoms with Gasteiger partial charge < -0.3 is 19.5 Å². The number of aromatic nitrogens is 2. The maximum absolute atomic E-state index is 11.1. The average Bonchev–Trinajstić information content (AvgIpc) is 2.43. The summed E-state index contributed by atoms with van der Waals surface area (Å²) in [7, 11) is 1.30. The third kappa shape index (κ3) is 3.76. The molecule has 0 amide bonds. The molecule has 0 radical (unpaired) electrons. The third-order valence-corrected chi connectivity index (χ3v) is 2.95. The molecule has 2 rings (SSSR count). The van der Waals surface area contributed by atoms with Gasteiger partial charge in [-0.25, -0.2) is 0 Å². The minimum atomic E-state index is -0.627. The first kappa shape index (κ1) is 15.4. The lowest BCUT2D eigenvalue weighted by molar-refractivity contribution is -0.387. The number of morpholine rings is 1. The van der Waals surface area contributed by atoms with Crippen LogP contribution < -0.4 is 14.8 Å². The quantitative estimate of drug-likeness (QED) is 0.619. The first-order chi connectivity index (χ1) is 9.93. The number of hydrogen-bond donors (Lipinski definition) is 1. The molecule has 1 N–H and O–H groups in total. The molecular formula is C12H18N4O5. The van der Waals surface area contributed by atoms with E-state index in [1.165, 1.54) is 7.11 Å². The maximum Gasteiger partial charge on any atom is 0.392 e. The Hall–Kier alpha value is -2.00. The van der Waals surface area contributed by atoms with Crippen molar-refractivity contribution in [3.63, 3.8) is 0 Å². The van der Waals surface area contributed by atoms with E-state index in [1.807, 2.05) is 13.8 Å². The second kappa shape index (κ2) is 6.19. The van der Waals surface area contributed by atoms with Crippen molar-refractivity contribution in [3.8, 4) is 11.8 Å². The van der Waals surface area contributed by atoms with Gasteiger partial charge in [0.15, 0.2) is 0 Å². The fourth-order valence-corrected chi connectivity index (χ4v) is 2.09. The summed E-state index contributed by atoms with van der Waals surface area (Å²) < 4.78 is 16.1. The molecule has 1 aliphatic heterocycles. The number of nitrogens with zero attached hydrogens (tertiary/aromatic N) is 3. The summed E-state index contributed by atoms with van der Waals surface area (Å²) in [6.07, 6.45) is 0.944. The molecule has 0 aliphatic carbocycles. The molecule has 1 saturated heterocycles. The first-order valence-electron chi connectivity index (χ1n) is 6.47. The van der Waals surface area contributed by atoms with Gasteiger partial charge in [-0.15, -0.1) is 0 Å². The van der Waals surface area contributed by atoms with Crippen molar-refractivity contribution in [1.29, 1.82) is 0 Å². The van der Waals surface area contributed by atoms with Gasteiger partial charge in [0, 0.05) is 13.1 Å². The Labute approximate surface area is 121 Å². The molecule has 1 aromatic heterocycles. The number of rotatable bonds is 5. The molecule has 0 spiro atoms. The summed E-state index contributed by atoms with van der Waals surface area (Å²) in [5, 5.41) is 14.3. The minimum Gasteiger partial charge on any atom is -0.476 e. The van der Waals surface area contributed by atoms with Crippen LogP contribution in [-0.4, -0.2) is 53.4 Å². The summed E-state index contributed by atoms with van der Waals surface area (Å²) in [4.78, 5) is 17.9. The minimum absolute atomic E-state index is 0.126. The van der Waals surface area contributed by atoms with Crippen molar-refractivity contribution in [2.45, 2.75) is 25.6 Å². The Morgan fingerprint density at radius 3 is 2.86 bits per heavy atom. The largest absolute Gasteiger partial charge is 0.476 e. The monoisotopic (exact) mass is 298 g/mol. The summed E-state index contributed by atoms with van der Waals surface area (Å²) >= 11 is 0. The van der Waals surface area contributed by atoms with Gasteiger partial charge in [-0.3, -0.25) is 10.1 Å². The average molecular weight is 298 g/mol. The van der Waals surface area contributed by atoms with Crippen LogP contribution >= 0.6 is 0 Å². The zero-order valence-electron chi connectivity index (χ0n) is 12.2. The van der Waals surface area contributed by atoms with Gasteiger partial charge >= 0.3 is 17.4 Å². The normalized spacial score (nSPS) is 20.8. The van der Waals surface area contributed by atoms with Crippen LogP contribution in [0.5, 0.6) is 11.8 Å². The molecule has 1 aromatic rings. The molecule has 1 unspecified atom stereocenters. The molecule has 0 bridgehead atoms. The Balaban J connectivity index is 2.08. The van der Waals surface area contributed by atoms with Crippen molar-refractivity contribution >= 4 is 5.69 Å². The van der Waals surface area contributed by atoms with Crippen LogP contribution in [0.2, 0.25) is 0 Å². The molecular weight excluding hydrogens is 280 g/mol. The van der Waals surface area contributed by atoms with E-state index < -0.39 is 4.92 Å². The number of ether oxygens (including phenoxy) is 3. The Morgan fingerprint density at radius 2 is 2.24 bits per heavy atom. The van der Waals surface area contributed by atoms with Gasteiger partial charge in [0.1, 0.15) is 19.0 Å². The summed E-state index contributed by atoms with van der Waals surface area (Å²) in [5.74, 6) is -0.258. The fraction of sp³-hybridized carbons (Fsp3) is 0.667.